The van der Waals surface area contributed by atoms with Gasteiger partial charge in [0.05, 0.1) is 6.54 Å². The molecule has 2 rings (SSSR count). The van der Waals surface area contributed by atoms with Crippen molar-refractivity contribution in [3.05, 3.63) is 42.6 Å². The van der Waals surface area contributed by atoms with Gasteiger partial charge in [-0.2, -0.15) is 0 Å². The van der Waals surface area contributed by atoms with E-state index < -0.39 is 5.97 Å². The molecule has 0 aliphatic heterocycles. The van der Waals surface area contributed by atoms with Crippen molar-refractivity contribution >= 4 is 22.4 Å². The first-order valence-electron chi connectivity index (χ1n) is 7.07. The number of nitrogens with zero attached hydrogens (tertiary/aromatic N) is 1. The zero-order valence-corrected chi connectivity index (χ0v) is 13.1. The van der Waals surface area contributed by atoms with Crippen molar-refractivity contribution in [1.82, 2.24) is 9.88 Å². The van der Waals surface area contributed by atoms with Crippen LogP contribution in [0.1, 0.15) is 18.9 Å². The van der Waals surface area contributed by atoms with Gasteiger partial charge in [-0.1, -0.05) is 37.6 Å². The molecule has 0 spiro atoms. The summed E-state index contributed by atoms with van der Waals surface area (Å²) < 4.78 is 0. The average Bonchev–Trinajstić information content (AvgIpc) is 2.92. The summed E-state index contributed by atoms with van der Waals surface area (Å²) in [6, 6.07) is 8.23. The van der Waals surface area contributed by atoms with Crippen LogP contribution in [0.15, 0.2) is 37.0 Å². The predicted molar refractivity (Wildman–Crippen MR) is 91.6 cm³/mol. The van der Waals surface area contributed by atoms with Crippen LogP contribution in [0.25, 0.3) is 16.5 Å². The summed E-state index contributed by atoms with van der Waals surface area (Å²) in [4.78, 5) is 14.7. The molecule has 0 aliphatic carbocycles. The minimum Gasteiger partial charge on any atom is -0.481 e. The topological polar surface area (TPSA) is 56.3 Å². The van der Waals surface area contributed by atoms with E-state index in [1.54, 1.807) is 6.92 Å². The van der Waals surface area contributed by atoms with Crippen LogP contribution in [0.5, 0.6) is 0 Å². The standard InChI is InChI=1S/C15H16N2.C3H6O2/c1-4-9-17(3)11-12(2)14-10-16-15-8-6-5-7-13(14)15;1-2-3(4)5/h1,5-8,10,16H,2,9,11H2,3H3;2H2,1H3,(H,4,5). The van der Waals surface area contributed by atoms with Gasteiger partial charge in [-0.25, -0.2) is 0 Å². The molecule has 0 saturated heterocycles. The third-order valence-corrected chi connectivity index (χ3v) is 3.09. The minimum absolute atomic E-state index is 0.222. The third kappa shape index (κ3) is 5.12. The first-order chi connectivity index (χ1) is 10.5. The largest absolute Gasteiger partial charge is 0.481 e. The molecular formula is C18H22N2O2. The Kier molecular flexibility index (Phi) is 6.94. The molecule has 0 amide bonds. The highest BCUT2D eigenvalue weighted by molar-refractivity contribution is 5.92. The Balaban J connectivity index is 0.000000422. The molecule has 116 valence electrons. The predicted octanol–water partition coefficient (Wildman–Crippen LogP) is 3.23. The number of benzene rings is 1. The van der Waals surface area contributed by atoms with Crippen molar-refractivity contribution < 1.29 is 9.90 Å². The van der Waals surface area contributed by atoms with Crippen molar-refractivity contribution in [2.75, 3.05) is 20.1 Å². The number of carboxylic acids is 1. The van der Waals surface area contributed by atoms with Gasteiger partial charge in [0.1, 0.15) is 0 Å². The molecule has 0 unspecified atom stereocenters. The van der Waals surface area contributed by atoms with Crippen LogP contribution in [-0.2, 0) is 4.79 Å². The molecular weight excluding hydrogens is 276 g/mol. The summed E-state index contributed by atoms with van der Waals surface area (Å²) in [6.07, 6.45) is 7.52. The van der Waals surface area contributed by atoms with E-state index in [0.29, 0.717) is 6.54 Å². The van der Waals surface area contributed by atoms with Crippen molar-refractivity contribution in [3.8, 4) is 12.3 Å². The molecule has 4 heteroatoms. The normalized spacial score (nSPS) is 9.91. The second-order valence-corrected chi connectivity index (χ2v) is 4.98. The Hall–Kier alpha value is -2.51. The lowest BCUT2D eigenvalue weighted by Gasteiger charge is -2.14. The molecule has 2 aromatic rings. The molecule has 0 radical (unpaired) electrons. The lowest BCUT2D eigenvalue weighted by Crippen LogP contribution is -2.20. The summed E-state index contributed by atoms with van der Waals surface area (Å²) in [7, 11) is 2.00. The maximum atomic E-state index is 9.37. The monoisotopic (exact) mass is 298 g/mol. The van der Waals surface area contributed by atoms with Crippen LogP contribution in [-0.4, -0.2) is 41.1 Å². The molecule has 0 aliphatic rings. The quantitative estimate of drug-likeness (QED) is 0.833. The Labute approximate surface area is 131 Å². The number of H-pyrrole nitrogens is 1. The van der Waals surface area contributed by atoms with E-state index in [-0.39, 0.29) is 6.42 Å². The maximum Gasteiger partial charge on any atom is 0.303 e. The number of aliphatic carboxylic acids is 1. The summed E-state index contributed by atoms with van der Waals surface area (Å²) in [5, 5.41) is 8.94. The van der Waals surface area contributed by atoms with E-state index in [2.05, 4.69) is 34.5 Å². The van der Waals surface area contributed by atoms with Gasteiger partial charge in [-0.3, -0.25) is 9.69 Å². The lowest BCUT2D eigenvalue weighted by molar-refractivity contribution is -0.136. The summed E-state index contributed by atoms with van der Waals surface area (Å²) in [5.41, 5.74) is 3.40. The van der Waals surface area contributed by atoms with Gasteiger partial charge in [-0.05, 0) is 18.7 Å². The SMILES string of the molecule is C#CCN(C)CC(=C)c1c[nH]c2ccccc12.CCC(=O)O. The van der Waals surface area contributed by atoms with Gasteiger partial charge in [0, 0.05) is 35.6 Å². The highest BCUT2D eigenvalue weighted by atomic mass is 16.4. The second kappa shape index (κ2) is 8.71. The fourth-order valence-corrected chi connectivity index (χ4v) is 1.99. The summed E-state index contributed by atoms with van der Waals surface area (Å²) in [5.74, 6) is 1.89. The molecule has 22 heavy (non-hydrogen) atoms. The van der Waals surface area contributed by atoms with Crippen molar-refractivity contribution in [3.63, 3.8) is 0 Å². The van der Waals surface area contributed by atoms with Crippen molar-refractivity contribution in [1.29, 1.82) is 0 Å². The van der Waals surface area contributed by atoms with E-state index >= 15 is 0 Å². The number of aromatic nitrogens is 1. The number of nitrogens with one attached hydrogen (secondary N) is 1. The zero-order chi connectivity index (χ0) is 16.5. The molecule has 1 aromatic carbocycles. The number of para-hydroxylation sites is 1. The van der Waals surface area contributed by atoms with E-state index in [4.69, 9.17) is 11.5 Å². The van der Waals surface area contributed by atoms with Crippen LogP contribution >= 0.6 is 0 Å². The number of rotatable bonds is 5. The lowest BCUT2D eigenvalue weighted by atomic mass is 10.1. The Bertz CT molecular complexity index is 680. The Morgan fingerprint density at radius 1 is 1.45 bits per heavy atom. The van der Waals surface area contributed by atoms with Crippen molar-refractivity contribution in [2.24, 2.45) is 0 Å². The van der Waals surface area contributed by atoms with Gasteiger partial charge in [0.2, 0.25) is 0 Å². The van der Waals surface area contributed by atoms with E-state index in [1.165, 1.54) is 10.9 Å². The van der Waals surface area contributed by atoms with Crippen LogP contribution in [0, 0.1) is 12.3 Å². The Morgan fingerprint density at radius 2 is 2.09 bits per heavy atom. The van der Waals surface area contributed by atoms with Gasteiger partial charge >= 0.3 is 5.97 Å². The molecule has 4 nitrogen and oxygen atoms in total. The number of aromatic amines is 1. The first kappa shape index (κ1) is 17.5. The number of likely N-dealkylation sites (N-methyl/N-ethyl adjacent to an activating group) is 1. The molecule has 0 atom stereocenters. The zero-order valence-electron chi connectivity index (χ0n) is 13.1. The number of hydrogen-bond donors (Lipinski definition) is 2. The molecule has 0 bridgehead atoms. The molecule has 0 saturated carbocycles. The van der Waals surface area contributed by atoms with Crippen molar-refractivity contribution in [2.45, 2.75) is 13.3 Å². The van der Waals surface area contributed by atoms with Crippen LogP contribution in [0.2, 0.25) is 0 Å². The van der Waals surface area contributed by atoms with Crippen LogP contribution < -0.4 is 0 Å². The van der Waals surface area contributed by atoms with E-state index in [1.807, 2.05) is 25.4 Å². The van der Waals surface area contributed by atoms with Crippen LogP contribution in [0.4, 0.5) is 0 Å². The number of fused-ring (bicyclic) bond motifs is 1. The fraction of sp³-hybridized carbons (Fsp3) is 0.278. The maximum absolute atomic E-state index is 9.37. The second-order valence-electron chi connectivity index (χ2n) is 4.98. The van der Waals surface area contributed by atoms with E-state index in [9.17, 15) is 4.79 Å². The van der Waals surface area contributed by atoms with Gasteiger partial charge in [0.25, 0.3) is 0 Å². The highest BCUT2D eigenvalue weighted by Gasteiger charge is 2.07. The fourth-order valence-electron chi connectivity index (χ4n) is 1.99. The number of hydrogen-bond acceptors (Lipinski definition) is 2. The number of carboxylic acid groups (broad SMARTS) is 1. The minimum atomic E-state index is -0.745. The van der Waals surface area contributed by atoms with E-state index in [0.717, 1.165) is 17.6 Å². The summed E-state index contributed by atoms with van der Waals surface area (Å²) >= 11 is 0. The third-order valence-electron chi connectivity index (χ3n) is 3.09. The number of terminal acetylenes is 1. The first-order valence-corrected chi connectivity index (χ1v) is 7.07. The molecule has 1 aromatic heterocycles. The highest BCUT2D eigenvalue weighted by Crippen LogP contribution is 2.23. The number of carbonyl (C=O) groups is 1. The van der Waals surface area contributed by atoms with Gasteiger partial charge < -0.3 is 10.1 Å². The van der Waals surface area contributed by atoms with Crippen LogP contribution in [0.3, 0.4) is 0 Å². The smallest absolute Gasteiger partial charge is 0.303 e. The molecule has 0 fully saturated rings. The molecule has 1 heterocycles. The Morgan fingerprint density at radius 3 is 2.68 bits per heavy atom. The van der Waals surface area contributed by atoms with Gasteiger partial charge in [0.15, 0.2) is 0 Å². The average molecular weight is 298 g/mol. The summed E-state index contributed by atoms with van der Waals surface area (Å²) in [6.45, 7) is 7.16. The van der Waals surface area contributed by atoms with Gasteiger partial charge in [-0.15, -0.1) is 6.42 Å². The molecule has 2 N–H and O–H groups in total.